The lowest BCUT2D eigenvalue weighted by molar-refractivity contribution is -0.140. The number of aromatic hydroxyl groups is 1. The molecule has 5 aliphatic rings. The summed E-state index contributed by atoms with van der Waals surface area (Å²) in [5.74, 6) is 0.972. The maximum atomic E-state index is 12.8. The third-order valence-corrected chi connectivity index (χ3v) is 6.57. The van der Waals surface area contributed by atoms with E-state index >= 15 is 0 Å². The Bertz CT molecular complexity index is 798. The summed E-state index contributed by atoms with van der Waals surface area (Å²) >= 11 is 3.24. The molecule has 1 N–H and O–H groups in total. The summed E-state index contributed by atoms with van der Waals surface area (Å²) in [6.45, 7) is 0. The SMILES string of the molecule is O=C1[C@@H]2[C@H]3C=C[C@H]([C@@H]4C[C@H]34)[C@@H]2C(=O)N1/N=C/c1ccc(O)c(Br)c1. The quantitative estimate of drug-likeness (QED) is 0.482. The van der Waals surface area contributed by atoms with Crippen LogP contribution in [0, 0.1) is 35.5 Å². The van der Waals surface area contributed by atoms with Crippen LogP contribution in [0.15, 0.2) is 39.9 Å². The summed E-state index contributed by atoms with van der Waals surface area (Å²) in [5, 5.41) is 14.8. The molecular formula is C18H15BrN2O3. The highest BCUT2D eigenvalue weighted by atomic mass is 79.9. The van der Waals surface area contributed by atoms with Crippen molar-refractivity contribution < 1.29 is 14.7 Å². The fraction of sp³-hybridized carbons (Fsp3) is 0.389. The summed E-state index contributed by atoms with van der Waals surface area (Å²) in [6, 6.07) is 4.91. The zero-order chi connectivity index (χ0) is 16.6. The number of allylic oxidation sites excluding steroid dienone is 2. The van der Waals surface area contributed by atoms with Crippen molar-refractivity contribution >= 4 is 34.0 Å². The molecule has 0 radical (unpaired) electrons. The van der Waals surface area contributed by atoms with Gasteiger partial charge in [-0.05, 0) is 69.8 Å². The zero-order valence-corrected chi connectivity index (χ0v) is 14.3. The molecule has 0 aromatic heterocycles. The van der Waals surface area contributed by atoms with Crippen molar-refractivity contribution in [1.29, 1.82) is 0 Å². The second kappa shape index (κ2) is 4.79. The molecule has 6 atom stereocenters. The Kier molecular flexibility index (Phi) is 2.87. The summed E-state index contributed by atoms with van der Waals surface area (Å²) in [4.78, 5) is 25.5. The van der Waals surface area contributed by atoms with Crippen LogP contribution in [0.5, 0.6) is 5.75 Å². The lowest BCUT2D eigenvalue weighted by Crippen LogP contribution is -2.40. The molecule has 122 valence electrons. The van der Waals surface area contributed by atoms with Gasteiger partial charge in [-0.15, -0.1) is 0 Å². The van der Waals surface area contributed by atoms with Gasteiger partial charge in [0.1, 0.15) is 5.75 Å². The number of hydrogen-bond acceptors (Lipinski definition) is 4. The van der Waals surface area contributed by atoms with Crippen molar-refractivity contribution in [2.75, 3.05) is 0 Å². The molecule has 6 heteroatoms. The average Bonchev–Trinajstić information content (AvgIpc) is 3.35. The van der Waals surface area contributed by atoms with E-state index in [0.29, 0.717) is 21.9 Å². The first-order chi connectivity index (χ1) is 11.6. The lowest BCUT2D eigenvalue weighted by atomic mass is 9.63. The van der Waals surface area contributed by atoms with E-state index in [4.69, 9.17) is 0 Å². The maximum Gasteiger partial charge on any atom is 0.254 e. The number of hydrogen-bond donors (Lipinski definition) is 1. The first-order valence-electron chi connectivity index (χ1n) is 8.15. The average molecular weight is 387 g/mol. The molecule has 4 aliphatic carbocycles. The third-order valence-electron chi connectivity index (χ3n) is 5.93. The molecule has 2 amide bonds. The van der Waals surface area contributed by atoms with Crippen LogP contribution in [0.2, 0.25) is 0 Å². The Morgan fingerprint density at radius 3 is 2.33 bits per heavy atom. The Morgan fingerprint density at radius 2 is 1.75 bits per heavy atom. The van der Waals surface area contributed by atoms with Crippen molar-refractivity contribution in [3.8, 4) is 5.75 Å². The van der Waals surface area contributed by atoms with E-state index in [0.717, 1.165) is 11.4 Å². The van der Waals surface area contributed by atoms with Crippen molar-refractivity contribution in [1.82, 2.24) is 5.01 Å². The highest BCUT2D eigenvalue weighted by Crippen LogP contribution is 2.65. The van der Waals surface area contributed by atoms with Crippen LogP contribution in [0.1, 0.15) is 12.0 Å². The van der Waals surface area contributed by atoms with E-state index in [-0.39, 0.29) is 41.2 Å². The number of carbonyl (C=O) groups is 2. The van der Waals surface area contributed by atoms with Gasteiger partial charge in [0.2, 0.25) is 0 Å². The first-order valence-corrected chi connectivity index (χ1v) is 8.94. The first kappa shape index (κ1) is 14.4. The minimum absolute atomic E-state index is 0.133. The minimum Gasteiger partial charge on any atom is -0.507 e. The van der Waals surface area contributed by atoms with E-state index in [9.17, 15) is 14.7 Å². The van der Waals surface area contributed by atoms with Gasteiger partial charge in [-0.1, -0.05) is 12.2 Å². The van der Waals surface area contributed by atoms with Crippen molar-refractivity contribution in [2.24, 2.45) is 40.6 Å². The predicted molar refractivity (Wildman–Crippen MR) is 90.0 cm³/mol. The smallest absolute Gasteiger partial charge is 0.254 e. The number of phenolic OH excluding ortho intramolecular Hbond substituents is 1. The standard InChI is InChI=1S/C18H15BrN2O3/c19-13-5-8(1-4-14(13)22)7-20-21-17(23)15-9-2-3-10(12-6-11(9)12)16(15)18(21)24/h1-5,7,9-12,15-16,22H,6H2/b20-7+/t9-,10+,11+,12-,15+,16-. The van der Waals surface area contributed by atoms with Gasteiger partial charge < -0.3 is 5.11 Å². The molecule has 0 spiro atoms. The molecule has 2 bridgehead atoms. The molecule has 6 rings (SSSR count). The normalized spacial score (nSPS) is 38.8. The second-order valence-corrected chi connectivity index (χ2v) is 7.95. The monoisotopic (exact) mass is 386 g/mol. The van der Waals surface area contributed by atoms with Gasteiger partial charge in [-0.25, -0.2) is 0 Å². The highest BCUT2D eigenvalue weighted by molar-refractivity contribution is 9.10. The molecule has 1 heterocycles. The Labute approximate surface area is 147 Å². The Hall–Kier alpha value is -1.95. The Morgan fingerprint density at radius 1 is 1.12 bits per heavy atom. The summed E-state index contributed by atoms with van der Waals surface area (Å²) in [6.07, 6.45) is 6.94. The van der Waals surface area contributed by atoms with Gasteiger partial charge in [0, 0.05) is 0 Å². The summed E-state index contributed by atoms with van der Waals surface area (Å²) in [5.41, 5.74) is 0.707. The largest absolute Gasteiger partial charge is 0.507 e. The van der Waals surface area contributed by atoms with Crippen LogP contribution in [0.3, 0.4) is 0 Å². The van der Waals surface area contributed by atoms with Crippen LogP contribution in [0.25, 0.3) is 0 Å². The fourth-order valence-corrected chi connectivity index (χ4v) is 5.18. The molecule has 1 saturated heterocycles. The molecule has 1 aromatic rings. The molecule has 1 aromatic carbocycles. The van der Waals surface area contributed by atoms with Crippen molar-refractivity contribution in [3.63, 3.8) is 0 Å². The van der Waals surface area contributed by atoms with Crippen molar-refractivity contribution in [2.45, 2.75) is 6.42 Å². The van der Waals surface area contributed by atoms with E-state index in [1.807, 2.05) is 0 Å². The second-order valence-electron chi connectivity index (χ2n) is 7.10. The van der Waals surface area contributed by atoms with Crippen LogP contribution in [-0.4, -0.2) is 28.1 Å². The molecule has 1 aliphatic heterocycles. The topological polar surface area (TPSA) is 70.0 Å². The summed E-state index contributed by atoms with van der Waals surface area (Å²) in [7, 11) is 0. The number of imide groups is 1. The molecule has 2 saturated carbocycles. The molecule has 3 fully saturated rings. The molecular weight excluding hydrogens is 372 g/mol. The number of benzene rings is 1. The summed E-state index contributed by atoms with van der Waals surface area (Å²) < 4.78 is 0.543. The van der Waals surface area contributed by atoms with E-state index in [1.165, 1.54) is 12.3 Å². The van der Waals surface area contributed by atoms with Crippen LogP contribution >= 0.6 is 15.9 Å². The fourth-order valence-electron chi connectivity index (χ4n) is 4.78. The molecule has 0 unspecified atom stereocenters. The minimum atomic E-state index is -0.222. The van der Waals surface area contributed by atoms with E-state index in [1.54, 1.807) is 12.1 Å². The number of halogens is 1. The van der Waals surface area contributed by atoms with Gasteiger partial charge in [-0.3, -0.25) is 9.59 Å². The van der Waals surface area contributed by atoms with Crippen molar-refractivity contribution in [3.05, 3.63) is 40.4 Å². The Balaban J connectivity index is 1.44. The van der Waals surface area contributed by atoms with Crippen LogP contribution in [0.4, 0.5) is 0 Å². The number of phenols is 1. The number of nitrogens with zero attached hydrogens (tertiary/aromatic N) is 2. The van der Waals surface area contributed by atoms with Crippen LogP contribution < -0.4 is 0 Å². The zero-order valence-electron chi connectivity index (χ0n) is 12.7. The highest BCUT2D eigenvalue weighted by Gasteiger charge is 2.67. The van der Waals surface area contributed by atoms with Gasteiger partial charge >= 0.3 is 0 Å². The van der Waals surface area contributed by atoms with Gasteiger partial charge in [-0.2, -0.15) is 10.1 Å². The maximum absolute atomic E-state index is 12.8. The van der Waals surface area contributed by atoms with E-state index in [2.05, 4.69) is 33.2 Å². The van der Waals surface area contributed by atoms with Gasteiger partial charge in [0.25, 0.3) is 11.8 Å². The van der Waals surface area contributed by atoms with Crippen LogP contribution in [-0.2, 0) is 9.59 Å². The molecule has 24 heavy (non-hydrogen) atoms. The lowest BCUT2D eigenvalue weighted by Gasteiger charge is -2.37. The predicted octanol–water partition coefficient (Wildman–Crippen LogP) is 2.54. The van der Waals surface area contributed by atoms with Gasteiger partial charge in [0.15, 0.2) is 0 Å². The number of carbonyl (C=O) groups excluding carboxylic acids is 2. The van der Waals surface area contributed by atoms with E-state index < -0.39 is 0 Å². The third kappa shape index (κ3) is 1.83. The number of amides is 2. The number of rotatable bonds is 2. The number of hydrazone groups is 1. The van der Waals surface area contributed by atoms with Gasteiger partial charge in [0.05, 0.1) is 22.5 Å². The molecule has 5 nitrogen and oxygen atoms in total.